The van der Waals surface area contributed by atoms with Gasteiger partial charge in [0.05, 0.1) is 14.2 Å². The van der Waals surface area contributed by atoms with Crippen molar-refractivity contribution in [3.8, 4) is 11.5 Å². The Morgan fingerprint density at radius 1 is 0.927 bits per heavy atom. The molecule has 41 heavy (non-hydrogen) atoms. The number of benzene rings is 2. The molecule has 6 heteroatoms. The van der Waals surface area contributed by atoms with Gasteiger partial charge in [0.2, 0.25) is 5.91 Å². The van der Waals surface area contributed by atoms with Gasteiger partial charge in [-0.2, -0.15) is 0 Å². The van der Waals surface area contributed by atoms with Crippen LogP contribution in [-0.2, 0) is 21.1 Å². The van der Waals surface area contributed by atoms with Gasteiger partial charge in [-0.3, -0.25) is 4.79 Å². The first-order chi connectivity index (χ1) is 19.2. The summed E-state index contributed by atoms with van der Waals surface area (Å²) < 4.78 is 17.6. The molecule has 5 nitrogen and oxygen atoms in total. The van der Waals surface area contributed by atoms with Gasteiger partial charge in [-0.15, -0.1) is 0 Å². The molecule has 2 atom stereocenters. The average Bonchev–Trinajstić information content (AvgIpc) is 2.88. The van der Waals surface area contributed by atoms with Gasteiger partial charge in [0.1, 0.15) is 11.5 Å². The highest BCUT2D eigenvalue weighted by Gasteiger charge is 2.27. The quantitative estimate of drug-likeness (QED) is 0.168. The molecular formula is C35H57NO4Si. The SMILES string of the molecule is CCCCCC(CC(=O)Nc1cc(CCC(O[SiH](C)C)C(C)(C)C)ccc1C(C)(C)C)c1ccc(OC)cc1OC. The normalized spacial score (nSPS) is 13.7. The zero-order chi connectivity index (χ0) is 30.8. The summed E-state index contributed by atoms with van der Waals surface area (Å²) in [5.41, 5.74) is 4.35. The molecule has 0 fully saturated rings. The van der Waals surface area contributed by atoms with Gasteiger partial charge in [-0.25, -0.2) is 0 Å². The molecule has 2 rings (SSSR count). The molecule has 0 heterocycles. The number of amides is 1. The van der Waals surface area contributed by atoms with Crippen LogP contribution in [0.1, 0.15) is 110 Å². The Morgan fingerprint density at radius 3 is 2.20 bits per heavy atom. The second-order valence-corrected chi connectivity index (χ2v) is 16.1. The Bertz CT molecular complexity index is 1100. The number of aryl methyl sites for hydroxylation is 1. The zero-order valence-electron chi connectivity index (χ0n) is 27.8. The largest absolute Gasteiger partial charge is 0.497 e. The first-order valence-corrected chi connectivity index (χ1v) is 18.3. The summed E-state index contributed by atoms with van der Waals surface area (Å²) >= 11 is 0. The van der Waals surface area contributed by atoms with E-state index in [9.17, 15) is 4.79 Å². The first-order valence-electron chi connectivity index (χ1n) is 15.5. The van der Waals surface area contributed by atoms with Gasteiger partial charge in [-0.1, -0.05) is 85.9 Å². The molecule has 0 aliphatic heterocycles. The topological polar surface area (TPSA) is 56.8 Å². The summed E-state index contributed by atoms with van der Waals surface area (Å²) in [7, 11) is 2.19. The summed E-state index contributed by atoms with van der Waals surface area (Å²) in [5.74, 6) is 1.63. The number of ether oxygens (including phenoxy) is 2. The molecule has 0 saturated heterocycles. The van der Waals surface area contributed by atoms with Gasteiger partial charge < -0.3 is 19.2 Å². The number of carbonyl (C=O) groups excluding carboxylic acids is 1. The van der Waals surface area contributed by atoms with Gasteiger partial charge in [0.25, 0.3) is 0 Å². The van der Waals surface area contributed by atoms with E-state index in [1.807, 2.05) is 12.1 Å². The van der Waals surface area contributed by atoms with E-state index in [1.165, 1.54) is 5.56 Å². The lowest BCUT2D eigenvalue weighted by atomic mass is 9.83. The smallest absolute Gasteiger partial charge is 0.224 e. The van der Waals surface area contributed by atoms with Crippen molar-refractivity contribution in [3.63, 3.8) is 0 Å². The summed E-state index contributed by atoms with van der Waals surface area (Å²) in [4.78, 5) is 13.7. The molecule has 0 radical (unpaired) electrons. The highest BCUT2D eigenvalue weighted by Crippen LogP contribution is 2.37. The van der Waals surface area contributed by atoms with E-state index >= 15 is 0 Å². The molecule has 1 N–H and O–H groups in total. The predicted molar refractivity (Wildman–Crippen MR) is 176 cm³/mol. The number of rotatable bonds is 15. The molecule has 0 spiro atoms. The number of carbonyl (C=O) groups is 1. The van der Waals surface area contributed by atoms with E-state index in [4.69, 9.17) is 13.9 Å². The van der Waals surface area contributed by atoms with Crippen molar-refractivity contribution in [1.29, 1.82) is 0 Å². The number of hydrogen-bond donors (Lipinski definition) is 1. The Labute approximate surface area is 252 Å². The van der Waals surface area contributed by atoms with Crippen molar-refractivity contribution in [2.24, 2.45) is 5.41 Å². The fourth-order valence-electron chi connectivity index (χ4n) is 5.42. The standard InChI is InChI=1S/C35H57NO4Si/c1-12-13-14-15-26(28-19-18-27(38-8)24-31(28)39-9)23-33(37)36-30-22-25(16-20-29(30)34(2,3)4)17-21-32(35(5,6)7)40-41(10)11/h16,18-20,22,24,26,32,41H,12-15,17,21,23H2,1-11H3,(H,36,37). The van der Waals surface area contributed by atoms with E-state index in [0.29, 0.717) is 6.42 Å². The van der Waals surface area contributed by atoms with Gasteiger partial charge in [0.15, 0.2) is 9.04 Å². The molecule has 2 aromatic carbocycles. The van der Waals surface area contributed by atoms with Crippen LogP contribution in [-0.4, -0.2) is 35.3 Å². The molecule has 0 aliphatic carbocycles. The number of nitrogens with one attached hydrogen (secondary N) is 1. The van der Waals surface area contributed by atoms with Crippen LogP contribution in [0.5, 0.6) is 11.5 Å². The maximum absolute atomic E-state index is 13.7. The van der Waals surface area contributed by atoms with Crippen molar-refractivity contribution >= 4 is 20.6 Å². The Balaban J connectivity index is 2.32. The van der Waals surface area contributed by atoms with Gasteiger partial charge in [0, 0.05) is 24.3 Å². The second kappa shape index (κ2) is 15.8. The summed E-state index contributed by atoms with van der Waals surface area (Å²) in [5, 5.41) is 3.33. The van der Waals surface area contributed by atoms with Crippen molar-refractivity contribution in [1.82, 2.24) is 0 Å². The molecule has 2 unspecified atom stereocenters. The van der Waals surface area contributed by atoms with Crippen LogP contribution in [0.3, 0.4) is 0 Å². The Kier molecular flexibility index (Phi) is 13.4. The second-order valence-electron chi connectivity index (χ2n) is 13.8. The lowest BCUT2D eigenvalue weighted by Gasteiger charge is -2.33. The molecule has 1 amide bonds. The molecular weight excluding hydrogens is 526 g/mol. The highest BCUT2D eigenvalue weighted by atomic mass is 28.3. The summed E-state index contributed by atoms with van der Waals surface area (Å²) in [6.07, 6.45) is 6.79. The van der Waals surface area contributed by atoms with Crippen LogP contribution >= 0.6 is 0 Å². The molecule has 2 aromatic rings. The Hall–Kier alpha value is -2.31. The minimum atomic E-state index is -1.15. The average molecular weight is 584 g/mol. The number of unbranched alkanes of at least 4 members (excludes halogenated alkanes) is 2. The van der Waals surface area contributed by atoms with Crippen LogP contribution in [0.2, 0.25) is 13.1 Å². The number of hydrogen-bond acceptors (Lipinski definition) is 4. The van der Waals surface area contributed by atoms with Crippen LogP contribution < -0.4 is 14.8 Å². The minimum Gasteiger partial charge on any atom is -0.497 e. The summed E-state index contributed by atoms with van der Waals surface area (Å²) in [6, 6.07) is 12.5. The van der Waals surface area contributed by atoms with E-state index < -0.39 is 9.04 Å². The van der Waals surface area contributed by atoms with E-state index in [0.717, 1.165) is 66.8 Å². The maximum Gasteiger partial charge on any atom is 0.224 e. The van der Waals surface area contributed by atoms with Crippen molar-refractivity contribution in [3.05, 3.63) is 53.1 Å². The zero-order valence-corrected chi connectivity index (χ0v) is 28.9. The minimum absolute atomic E-state index is 0.0359. The third-order valence-electron chi connectivity index (χ3n) is 7.73. The van der Waals surface area contributed by atoms with Crippen LogP contribution in [0.4, 0.5) is 5.69 Å². The molecule has 0 bridgehead atoms. The maximum atomic E-state index is 13.7. The van der Waals surface area contributed by atoms with E-state index in [1.54, 1.807) is 14.2 Å². The Morgan fingerprint density at radius 2 is 1.63 bits per heavy atom. The third-order valence-corrected chi connectivity index (χ3v) is 8.60. The van der Waals surface area contributed by atoms with Crippen molar-refractivity contribution in [2.45, 2.75) is 124 Å². The lowest BCUT2D eigenvalue weighted by Crippen LogP contribution is -2.33. The molecule has 0 aromatic heterocycles. The molecule has 0 aliphatic rings. The van der Waals surface area contributed by atoms with Crippen LogP contribution in [0.25, 0.3) is 0 Å². The monoisotopic (exact) mass is 583 g/mol. The fourth-order valence-corrected chi connectivity index (χ4v) is 6.63. The van der Waals surface area contributed by atoms with E-state index in [-0.39, 0.29) is 28.8 Å². The lowest BCUT2D eigenvalue weighted by molar-refractivity contribution is -0.116. The molecule has 230 valence electrons. The first kappa shape index (κ1) is 34.9. The van der Waals surface area contributed by atoms with Crippen molar-refractivity contribution in [2.75, 3.05) is 19.5 Å². The fraction of sp³-hybridized carbons (Fsp3) is 0.629. The number of anilines is 1. The predicted octanol–water partition coefficient (Wildman–Crippen LogP) is 9.04. The van der Waals surface area contributed by atoms with Crippen molar-refractivity contribution < 1.29 is 18.7 Å². The van der Waals surface area contributed by atoms with Gasteiger partial charge >= 0.3 is 0 Å². The highest BCUT2D eigenvalue weighted by molar-refractivity contribution is 6.48. The summed E-state index contributed by atoms with van der Waals surface area (Å²) in [6.45, 7) is 20.1. The number of methoxy groups -OCH3 is 2. The van der Waals surface area contributed by atoms with Gasteiger partial charge in [-0.05, 0) is 77.9 Å². The van der Waals surface area contributed by atoms with E-state index in [2.05, 4.69) is 91.1 Å². The van der Waals surface area contributed by atoms with Crippen LogP contribution in [0, 0.1) is 5.41 Å². The third kappa shape index (κ3) is 11.1. The van der Waals surface area contributed by atoms with Crippen LogP contribution in [0.15, 0.2) is 36.4 Å². The molecule has 0 saturated carbocycles.